The molecule has 4 rings (SSSR count). The van der Waals surface area contributed by atoms with E-state index >= 15 is 0 Å². The van der Waals surface area contributed by atoms with Gasteiger partial charge in [0.15, 0.2) is 11.4 Å². The summed E-state index contributed by atoms with van der Waals surface area (Å²) < 4.78 is 11.6. The summed E-state index contributed by atoms with van der Waals surface area (Å²) >= 11 is 0. The molecule has 7 nitrogen and oxygen atoms in total. The van der Waals surface area contributed by atoms with Crippen LogP contribution in [0.25, 0.3) is 17.0 Å². The molecule has 0 atom stereocenters. The summed E-state index contributed by atoms with van der Waals surface area (Å²) in [4.78, 5) is 39.5. The van der Waals surface area contributed by atoms with E-state index in [0.717, 1.165) is 25.9 Å². The van der Waals surface area contributed by atoms with E-state index in [9.17, 15) is 19.5 Å². The van der Waals surface area contributed by atoms with E-state index in [0.29, 0.717) is 28.7 Å². The van der Waals surface area contributed by atoms with E-state index < -0.39 is 11.2 Å². The second kappa shape index (κ2) is 7.87. The molecule has 0 saturated carbocycles. The average molecular weight is 425 g/mol. The molecule has 2 aromatic rings. The Morgan fingerprint density at radius 3 is 2.61 bits per heavy atom. The maximum Gasteiger partial charge on any atom is 0.336 e. The fourth-order valence-corrected chi connectivity index (χ4v) is 4.29. The van der Waals surface area contributed by atoms with Crippen LogP contribution in [-0.2, 0) is 11.2 Å². The van der Waals surface area contributed by atoms with Crippen LogP contribution in [0.2, 0.25) is 0 Å². The Labute approximate surface area is 180 Å². The summed E-state index contributed by atoms with van der Waals surface area (Å²) in [5.41, 5.74) is -0.331. The van der Waals surface area contributed by atoms with Crippen molar-refractivity contribution in [2.24, 2.45) is 0 Å². The fraction of sp³-hybridized carbons (Fsp3) is 0.458. The molecule has 2 aliphatic heterocycles. The van der Waals surface area contributed by atoms with E-state index in [1.54, 1.807) is 19.1 Å². The Hall–Kier alpha value is -3.09. The lowest BCUT2D eigenvalue weighted by Gasteiger charge is -2.30. The van der Waals surface area contributed by atoms with Crippen LogP contribution >= 0.6 is 0 Å². The van der Waals surface area contributed by atoms with Gasteiger partial charge in [-0.3, -0.25) is 9.59 Å². The molecule has 1 aromatic carbocycles. The standard InChI is InChI=1S/C24H27NO6/c1-4-16(26)20-21(29)15-9-10-24(2,3)31-22(15)19-14(13-18(28)30-23(19)20)7-8-17(27)25-11-5-6-12-25/h9-10,13,29H,4-8,11-12H2,1-3H3. The van der Waals surface area contributed by atoms with E-state index in [4.69, 9.17) is 9.15 Å². The third-order valence-electron chi connectivity index (χ3n) is 5.92. The molecule has 2 aliphatic rings. The van der Waals surface area contributed by atoms with Crippen LogP contribution in [0, 0.1) is 0 Å². The zero-order valence-electron chi connectivity index (χ0n) is 18.1. The Morgan fingerprint density at radius 1 is 1.23 bits per heavy atom. The maximum atomic E-state index is 12.7. The summed E-state index contributed by atoms with van der Waals surface area (Å²) in [6, 6.07) is 1.35. The van der Waals surface area contributed by atoms with Gasteiger partial charge in [0.1, 0.15) is 22.7 Å². The highest BCUT2D eigenvalue weighted by Crippen LogP contribution is 2.46. The van der Waals surface area contributed by atoms with Crippen molar-refractivity contribution in [2.45, 2.75) is 58.5 Å². The topological polar surface area (TPSA) is 97.1 Å². The van der Waals surface area contributed by atoms with Crippen molar-refractivity contribution in [3.8, 4) is 11.5 Å². The number of phenolic OH excluding ortho intramolecular Hbond substituents is 1. The Kier molecular flexibility index (Phi) is 5.37. The number of amides is 1. The molecule has 164 valence electrons. The zero-order valence-corrected chi connectivity index (χ0v) is 18.1. The van der Waals surface area contributed by atoms with Gasteiger partial charge in [0.25, 0.3) is 0 Å². The molecular weight excluding hydrogens is 398 g/mol. The van der Waals surface area contributed by atoms with Crippen LogP contribution in [0.1, 0.15) is 67.9 Å². The number of Topliss-reactive ketones (excluding diaryl/α,β-unsaturated/α-hetero) is 1. The van der Waals surface area contributed by atoms with Gasteiger partial charge in [-0.05, 0) is 50.8 Å². The number of carbonyl (C=O) groups excluding carboxylic acids is 2. The van der Waals surface area contributed by atoms with Crippen LogP contribution in [-0.4, -0.2) is 40.4 Å². The first-order chi connectivity index (χ1) is 14.7. The van der Waals surface area contributed by atoms with Crippen molar-refractivity contribution in [3.05, 3.63) is 39.3 Å². The monoisotopic (exact) mass is 425 g/mol. The fourth-order valence-electron chi connectivity index (χ4n) is 4.29. The number of hydrogen-bond donors (Lipinski definition) is 1. The van der Waals surface area contributed by atoms with Crippen LogP contribution in [0.5, 0.6) is 11.5 Å². The average Bonchev–Trinajstić information content (AvgIpc) is 3.25. The number of hydrogen-bond acceptors (Lipinski definition) is 6. The van der Waals surface area contributed by atoms with Crippen LogP contribution in [0.15, 0.2) is 21.4 Å². The number of nitrogens with zero attached hydrogens (tertiary/aromatic N) is 1. The molecule has 0 aliphatic carbocycles. The molecular formula is C24H27NO6. The van der Waals surface area contributed by atoms with Gasteiger partial charge in [0, 0.05) is 32.0 Å². The van der Waals surface area contributed by atoms with Gasteiger partial charge in [-0.25, -0.2) is 4.79 Å². The van der Waals surface area contributed by atoms with Crippen LogP contribution in [0.3, 0.4) is 0 Å². The SMILES string of the molecule is CCC(=O)c1c(O)c2c(c3c(CCC(=O)N4CCCC4)cc(=O)oc13)OC(C)(C)C=C2. The molecule has 1 aromatic heterocycles. The third kappa shape index (κ3) is 3.84. The number of fused-ring (bicyclic) bond motifs is 3. The highest BCUT2D eigenvalue weighted by atomic mass is 16.5. The van der Waals surface area contributed by atoms with Gasteiger partial charge in [-0.1, -0.05) is 6.92 Å². The first-order valence-corrected chi connectivity index (χ1v) is 10.8. The van der Waals surface area contributed by atoms with E-state index in [1.807, 2.05) is 18.7 Å². The summed E-state index contributed by atoms with van der Waals surface area (Å²) in [5.74, 6) is -0.191. The number of phenols is 1. The smallest absolute Gasteiger partial charge is 0.336 e. The Bertz CT molecular complexity index is 1150. The van der Waals surface area contributed by atoms with E-state index in [2.05, 4.69) is 0 Å². The normalized spacial score (nSPS) is 16.9. The summed E-state index contributed by atoms with van der Waals surface area (Å²) in [6.45, 7) is 6.94. The Balaban J connectivity index is 1.90. The summed E-state index contributed by atoms with van der Waals surface area (Å²) in [6.07, 6.45) is 6.23. The van der Waals surface area contributed by atoms with Crippen molar-refractivity contribution in [1.29, 1.82) is 0 Å². The first-order valence-electron chi connectivity index (χ1n) is 10.8. The van der Waals surface area contributed by atoms with E-state index in [1.165, 1.54) is 6.07 Å². The number of aryl methyl sites for hydroxylation is 1. The van der Waals surface area contributed by atoms with Crippen molar-refractivity contribution < 1.29 is 23.8 Å². The van der Waals surface area contributed by atoms with Gasteiger partial charge in [0.05, 0.1) is 10.9 Å². The molecule has 1 N–H and O–H groups in total. The predicted octanol–water partition coefficient (Wildman–Crippen LogP) is 3.83. The zero-order chi connectivity index (χ0) is 22.3. The molecule has 1 amide bonds. The third-order valence-corrected chi connectivity index (χ3v) is 5.92. The lowest BCUT2D eigenvalue weighted by atomic mass is 9.92. The molecule has 0 bridgehead atoms. The molecule has 3 heterocycles. The largest absolute Gasteiger partial charge is 0.506 e. The van der Waals surface area contributed by atoms with Gasteiger partial charge < -0.3 is 19.2 Å². The quantitative estimate of drug-likeness (QED) is 0.578. The number of likely N-dealkylation sites (tertiary alicyclic amines) is 1. The minimum absolute atomic E-state index is 0.0188. The van der Waals surface area contributed by atoms with Gasteiger partial charge in [-0.2, -0.15) is 0 Å². The number of aromatic hydroxyl groups is 1. The van der Waals surface area contributed by atoms with Crippen molar-refractivity contribution in [3.63, 3.8) is 0 Å². The van der Waals surface area contributed by atoms with Crippen molar-refractivity contribution >= 4 is 28.7 Å². The lowest BCUT2D eigenvalue weighted by molar-refractivity contribution is -0.130. The van der Waals surface area contributed by atoms with Crippen LogP contribution < -0.4 is 10.4 Å². The molecule has 31 heavy (non-hydrogen) atoms. The number of ketones is 1. The molecule has 0 unspecified atom stereocenters. The molecule has 0 spiro atoms. The number of ether oxygens (including phenoxy) is 1. The predicted molar refractivity (Wildman–Crippen MR) is 117 cm³/mol. The highest BCUT2D eigenvalue weighted by Gasteiger charge is 2.32. The lowest BCUT2D eigenvalue weighted by Crippen LogP contribution is -2.28. The maximum absolute atomic E-state index is 12.7. The highest BCUT2D eigenvalue weighted by molar-refractivity contribution is 6.12. The molecule has 1 saturated heterocycles. The van der Waals surface area contributed by atoms with Crippen molar-refractivity contribution in [1.82, 2.24) is 4.90 Å². The van der Waals surface area contributed by atoms with Crippen LogP contribution in [0.4, 0.5) is 0 Å². The number of rotatable bonds is 5. The molecule has 0 radical (unpaired) electrons. The molecule has 7 heteroatoms. The Morgan fingerprint density at radius 2 is 1.94 bits per heavy atom. The van der Waals surface area contributed by atoms with Gasteiger partial charge in [0.2, 0.25) is 5.91 Å². The van der Waals surface area contributed by atoms with Gasteiger partial charge >= 0.3 is 5.63 Å². The second-order valence-corrected chi connectivity index (χ2v) is 8.66. The van der Waals surface area contributed by atoms with E-state index in [-0.39, 0.29) is 41.4 Å². The minimum atomic E-state index is -0.651. The first kappa shape index (κ1) is 21.2. The second-order valence-electron chi connectivity index (χ2n) is 8.66. The summed E-state index contributed by atoms with van der Waals surface area (Å²) in [7, 11) is 0. The summed E-state index contributed by atoms with van der Waals surface area (Å²) in [5, 5.41) is 11.3. The molecule has 1 fully saturated rings. The van der Waals surface area contributed by atoms with Crippen molar-refractivity contribution in [2.75, 3.05) is 13.1 Å². The number of carbonyl (C=O) groups is 2. The van der Waals surface area contributed by atoms with Gasteiger partial charge in [-0.15, -0.1) is 0 Å². The number of benzene rings is 1. The minimum Gasteiger partial charge on any atom is -0.506 e.